The van der Waals surface area contributed by atoms with Gasteiger partial charge in [0.15, 0.2) is 5.57 Å². The van der Waals surface area contributed by atoms with Crippen molar-refractivity contribution in [2.24, 2.45) is 0 Å². The number of aromatic nitrogens is 1. The predicted octanol–water partition coefficient (Wildman–Crippen LogP) is 1.56. The fourth-order valence-electron chi connectivity index (χ4n) is 2.06. The first-order valence-corrected chi connectivity index (χ1v) is 7.63. The predicted molar refractivity (Wildman–Crippen MR) is 84.8 cm³/mol. The molecule has 0 saturated carbocycles. The number of rotatable bonds is 4. The molecule has 0 atom stereocenters. The van der Waals surface area contributed by atoms with E-state index in [0.717, 1.165) is 11.3 Å². The Hall–Kier alpha value is -2.97. The van der Waals surface area contributed by atoms with E-state index in [4.69, 9.17) is 10.5 Å². The molecule has 0 aliphatic heterocycles. The highest BCUT2D eigenvalue weighted by Crippen LogP contribution is 2.20. The average molecular weight is 347 g/mol. The third kappa shape index (κ3) is 3.50. The van der Waals surface area contributed by atoms with E-state index >= 15 is 0 Å². The fourth-order valence-corrected chi connectivity index (χ4v) is 3.16. The third-order valence-corrected chi connectivity index (χ3v) is 4.21. The smallest absolute Gasteiger partial charge is 0.387 e. The van der Waals surface area contributed by atoms with E-state index in [1.54, 1.807) is 25.1 Å². The van der Waals surface area contributed by atoms with Gasteiger partial charge in [0.1, 0.15) is 22.6 Å². The lowest BCUT2D eigenvalue weighted by atomic mass is 10.2. The first-order valence-electron chi connectivity index (χ1n) is 6.81. The van der Waals surface area contributed by atoms with Gasteiger partial charge in [-0.25, -0.2) is 0 Å². The molecule has 0 spiro atoms. The first kappa shape index (κ1) is 17.4. The number of hydrogen-bond acceptors (Lipinski definition) is 5. The minimum absolute atomic E-state index is 0.0605. The molecule has 2 rings (SSSR count). The van der Waals surface area contributed by atoms with Crippen LogP contribution in [0.3, 0.4) is 0 Å². The Morgan fingerprint density at radius 3 is 2.62 bits per heavy atom. The second-order valence-electron chi connectivity index (χ2n) is 4.48. The number of ether oxygens (including phenoxy) is 1. The van der Waals surface area contributed by atoms with Crippen LogP contribution in [0.4, 0.5) is 8.78 Å². The summed E-state index contributed by atoms with van der Waals surface area (Å²) in [5, 5.41) is 18.0. The maximum atomic E-state index is 12.5. The van der Waals surface area contributed by atoms with Gasteiger partial charge in [-0.3, -0.25) is 9.36 Å². The van der Waals surface area contributed by atoms with Gasteiger partial charge < -0.3 is 4.74 Å². The van der Waals surface area contributed by atoms with Gasteiger partial charge in [-0.15, -0.1) is 11.3 Å². The molecule has 0 saturated heterocycles. The zero-order chi connectivity index (χ0) is 17.7. The van der Waals surface area contributed by atoms with Gasteiger partial charge in [-0.1, -0.05) is 18.2 Å². The van der Waals surface area contributed by atoms with Crippen LogP contribution in [0.15, 0.2) is 29.1 Å². The van der Waals surface area contributed by atoms with Crippen molar-refractivity contribution in [1.29, 1.82) is 10.5 Å². The maximum absolute atomic E-state index is 12.5. The Labute approximate surface area is 139 Å². The van der Waals surface area contributed by atoms with Crippen LogP contribution in [0, 0.1) is 22.7 Å². The van der Waals surface area contributed by atoms with E-state index < -0.39 is 12.2 Å². The molecule has 0 aliphatic carbocycles. The van der Waals surface area contributed by atoms with E-state index in [1.807, 2.05) is 0 Å². The standard InChI is InChI=1S/C16H11F2N3O2S/c1-2-21-14(22)13(24-15(21)11(8-19)9-20)7-10-5-3-4-6-12(10)23-16(17)18/h3-7,16H,2H2,1H3/b13-7+. The SMILES string of the molecule is CCn1c(=C(C#N)C#N)s/c(=C/c2ccccc2OC(F)F)c1=O. The number of thiazole rings is 1. The Bertz CT molecular complexity index is 994. The van der Waals surface area contributed by atoms with E-state index in [1.165, 1.54) is 28.8 Å². The number of halogens is 2. The minimum atomic E-state index is -2.98. The van der Waals surface area contributed by atoms with E-state index in [-0.39, 0.29) is 27.1 Å². The molecule has 1 heterocycles. The zero-order valence-corrected chi connectivity index (χ0v) is 13.3. The number of benzene rings is 1. The third-order valence-electron chi connectivity index (χ3n) is 3.08. The Balaban J connectivity index is 2.75. The fraction of sp³-hybridized carbons (Fsp3) is 0.188. The summed E-state index contributed by atoms with van der Waals surface area (Å²) in [4.78, 5) is 12.4. The molecule has 0 unspecified atom stereocenters. The summed E-state index contributed by atoms with van der Waals surface area (Å²) >= 11 is 0.960. The number of alkyl halides is 2. The summed E-state index contributed by atoms with van der Waals surface area (Å²) in [6, 6.07) is 9.57. The summed E-state index contributed by atoms with van der Waals surface area (Å²) in [6.07, 6.45) is 1.41. The zero-order valence-electron chi connectivity index (χ0n) is 12.5. The lowest BCUT2D eigenvalue weighted by molar-refractivity contribution is -0.0499. The van der Waals surface area contributed by atoms with Crippen LogP contribution >= 0.6 is 11.3 Å². The highest BCUT2D eigenvalue weighted by molar-refractivity contribution is 7.07. The lowest BCUT2D eigenvalue weighted by Crippen LogP contribution is -2.31. The van der Waals surface area contributed by atoms with Crippen LogP contribution in [-0.4, -0.2) is 11.2 Å². The van der Waals surface area contributed by atoms with Crippen LogP contribution in [0.1, 0.15) is 12.5 Å². The molecule has 5 nitrogen and oxygen atoms in total. The van der Waals surface area contributed by atoms with Crippen molar-refractivity contribution >= 4 is 23.0 Å². The highest BCUT2D eigenvalue weighted by Gasteiger charge is 2.10. The summed E-state index contributed by atoms with van der Waals surface area (Å²) in [5.41, 5.74) is -0.260. The molecule has 0 aliphatic rings. The largest absolute Gasteiger partial charge is 0.434 e. The molecule has 122 valence electrons. The van der Waals surface area contributed by atoms with Crippen molar-refractivity contribution in [3.05, 3.63) is 49.4 Å². The van der Waals surface area contributed by atoms with Crippen molar-refractivity contribution in [2.75, 3.05) is 0 Å². The summed E-state index contributed by atoms with van der Waals surface area (Å²) in [6.45, 7) is -0.995. The van der Waals surface area contributed by atoms with Crippen molar-refractivity contribution in [2.45, 2.75) is 20.1 Å². The molecule has 24 heavy (non-hydrogen) atoms. The van der Waals surface area contributed by atoms with E-state index in [2.05, 4.69) is 4.74 Å². The van der Waals surface area contributed by atoms with Gasteiger partial charge in [-0.2, -0.15) is 19.3 Å². The molecule has 0 amide bonds. The molecule has 0 bridgehead atoms. The number of nitrogens with zero attached hydrogens (tertiary/aromatic N) is 3. The topological polar surface area (TPSA) is 78.8 Å². The average Bonchev–Trinajstić information content (AvgIpc) is 2.86. The number of nitriles is 2. The molecular weight excluding hydrogens is 336 g/mol. The second-order valence-corrected chi connectivity index (χ2v) is 5.51. The lowest BCUT2D eigenvalue weighted by Gasteiger charge is -2.06. The van der Waals surface area contributed by atoms with Gasteiger partial charge in [0, 0.05) is 12.1 Å². The Kier molecular flexibility index (Phi) is 5.46. The molecule has 1 aromatic heterocycles. The Morgan fingerprint density at radius 2 is 2.04 bits per heavy atom. The molecule has 2 aromatic rings. The summed E-state index contributed by atoms with van der Waals surface area (Å²) in [5.74, 6) is -0.0605. The monoisotopic (exact) mass is 347 g/mol. The van der Waals surface area contributed by atoms with E-state index in [0.29, 0.717) is 5.56 Å². The van der Waals surface area contributed by atoms with Crippen molar-refractivity contribution in [3.8, 4) is 17.9 Å². The molecule has 8 heteroatoms. The van der Waals surface area contributed by atoms with Crippen LogP contribution in [0.5, 0.6) is 5.75 Å². The van der Waals surface area contributed by atoms with Gasteiger partial charge in [0.25, 0.3) is 5.56 Å². The van der Waals surface area contributed by atoms with Gasteiger partial charge in [0.2, 0.25) is 0 Å². The van der Waals surface area contributed by atoms with Gasteiger partial charge in [-0.05, 0) is 19.1 Å². The van der Waals surface area contributed by atoms with E-state index in [9.17, 15) is 13.6 Å². The van der Waals surface area contributed by atoms with Crippen molar-refractivity contribution < 1.29 is 13.5 Å². The van der Waals surface area contributed by atoms with Crippen molar-refractivity contribution in [3.63, 3.8) is 0 Å². The molecule has 0 N–H and O–H groups in total. The quantitative estimate of drug-likeness (QED) is 0.841. The minimum Gasteiger partial charge on any atom is -0.434 e. The number of para-hydroxylation sites is 1. The maximum Gasteiger partial charge on any atom is 0.387 e. The first-order chi connectivity index (χ1) is 11.5. The molecule has 0 fully saturated rings. The van der Waals surface area contributed by atoms with Crippen LogP contribution < -0.4 is 19.5 Å². The number of hydrogen-bond donors (Lipinski definition) is 0. The van der Waals surface area contributed by atoms with Crippen LogP contribution in [0.25, 0.3) is 11.6 Å². The Morgan fingerprint density at radius 1 is 1.38 bits per heavy atom. The molecule has 0 radical (unpaired) electrons. The van der Waals surface area contributed by atoms with Crippen LogP contribution in [0.2, 0.25) is 0 Å². The highest BCUT2D eigenvalue weighted by atomic mass is 32.1. The molecule has 1 aromatic carbocycles. The van der Waals surface area contributed by atoms with Gasteiger partial charge in [0.05, 0.1) is 4.53 Å². The normalized spacial score (nSPS) is 11.2. The second kappa shape index (κ2) is 7.53. The molecular formula is C16H11F2N3O2S. The van der Waals surface area contributed by atoms with Crippen molar-refractivity contribution in [1.82, 2.24) is 4.57 Å². The van der Waals surface area contributed by atoms with Crippen LogP contribution in [-0.2, 0) is 6.54 Å². The van der Waals surface area contributed by atoms with Gasteiger partial charge >= 0.3 is 6.61 Å². The summed E-state index contributed by atoms with van der Waals surface area (Å²) < 4.78 is 31.1. The summed E-state index contributed by atoms with van der Waals surface area (Å²) in [7, 11) is 0.